The lowest BCUT2D eigenvalue weighted by molar-refractivity contribution is -0.121. The van der Waals surface area contributed by atoms with Gasteiger partial charge in [0.05, 0.1) is 4.90 Å². The van der Waals surface area contributed by atoms with Gasteiger partial charge in [-0.1, -0.05) is 32.9 Å². The predicted octanol–water partition coefficient (Wildman–Crippen LogP) is 1.51. The molecule has 7 heteroatoms. The Kier molecular flexibility index (Phi) is 6.24. The number of amides is 1. The summed E-state index contributed by atoms with van der Waals surface area (Å²) in [7, 11) is -3.61. The summed E-state index contributed by atoms with van der Waals surface area (Å²) in [4.78, 5) is 12.0. The van der Waals surface area contributed by atoms with E-state index in [4.69, 9.17) is 5.73 Å². The fourth-order valence-electron chi connectivity index (χ4n) is 2.53. The average molecular weight is 368 g/mol. The van der Waals surface area contributed by atoms with Gasteiger partial charge in [-0.05, 0) is 41.9 Å². The molecule has 140 valence electrons. The maximum Gasteiger partial charge on any atom is 0.240 e. The Morgan fingerprint density at radius 1 is 1.24 bits per heavy atom. The summed E-state index contributed by atoms with van der Waals surface area (Å²) in [6, 6.07) is 6.83. The lowest BCUT2D eigenvalue weighted by atomic mass is 9.87. The van der Waals surface area contributed by atoms with Crippen LogP contribution in [-0.4, -0.2) is 33.5 Å². The van der Waals surface area contributed by atoms with Crippen LogP contribution in [0.15, 0.2) is 29.2 Å². The first kappa shape index (κ1) is 19.9. The van der Waals surface area contributed by atoms with Crippen molar-refractivity contribution in [1.29, 1.82) is 0 Å². The molecule has 1 fully saturated rings. The van der Waals surface area contributed by atoms with E-state index >= 15 is 0 Å². The highest BCUT2D eigenvalue weighted by Crippen LogP contribution is 2.31. The zero-order valence-electron chi connectivity index (χ0n) is 15.2. The highest BCUT2D eigenvalue weighted by atomic mass is 32.2. The van der Waals surface area contributed by atoms with Gasteiger partial charge in [0, 0.05) is 25.6 Å². The van der Waals surface area contributed by atoms with Gasteiger partial charge in [0.1, 0.15) is 0 Å². The van der Waals surface area contributed by atoms with Gasteiger partial charge in [0.15, 0.2) is 0 Å². The van der Waals surface area contributed by atoms with E-state index < -0.39 is 10.0 Å². The number of nitrogens with two attached hydrogens (primary N) is 1. The maximum atomic E-state index is 12.3. The Morgan fingerprint density at radius 2 is 1.84 bits per heavy atom. The van der Waals surface area contributed by atoms with E-state index in [-0.39, 0.29) is 35.2 Å². The largest absolute Gasteiger partial charge is 0.354 e. The summed E-state index contributed by atoms with van der Waals surface area (Å²) in [6.45, 7) is 6.73. The van der Waals surface area contributed by atoms with Gasteiger partial charge in [-0.25, -0.2) is 13.1 Å². The number of benzene rings is 1. The molecule has 0 aliphatic heterocycles. The van der Waals surface area contributed by atoms with Crippen LogP contribution in [-0.2, 0) is 20.2 Å². The molecular weight excluding hydrogens is 338 g/mol. The third-order valence-electron chi connectivity index (χ3n) is 4.44. The molecule has 6 nitrogen and oxygen atoms in total. The maximum absolute atomic E-state index is 12.3. The van der Waals surface area contributed by atoms with Gasteiger partial charge in [-0.2, -0.15) is 0 Å². The number of sulfonamides is 1. The molecule has 1 aliphatic carbocycles. The molecule has 1 atom stereocenters. The highest BCUT2D eigenvalue weighted by Gasteiger charge is 2.28. The number of rotatable bonds is 8. The van der Waals surface area contributed by atoms with E-state index in [2.05, 4.69) is 30.8 Å². The van der Waals surface area contributed by atoms with Crippen LogP contribution in [0.2, 0.25) is 0 Å². The zero-order valence-corrected chi connectivity index (χ0v) is 16.0. The van der Waals surface area contributed by atoms with Crippen LogP contribution < -0.4 is 15.8 Å². The Hall–Kier alpha value is -1.44. The van der Waals surface area contributed by atoms with Crippen LogP contribution in [0.3, 0.4) is 0 Å². The van der Waals surface area contributed by atoms with Crippen molar-refractivity contribution < 1.29 is 13.2 Å². The molecule has 1 aromatic rings. The monoisotopic (exact) mass is 367 g/mol. The van der Waals surface area contributed by atoms with Gasteiger partial charge in [0.25, 0.3) is 0 Å². The summed E-state index contributed by atoms with van der Waals surface area (Å²) >= 11 is 0. The van der Waals surface area contributed by atoms with Gasteiger partial charge in [0.2, 0.25) is 15.9 Å². The van der Waals surface area contributed by atoms with Crippen molar-refractivity contribution in [2.75, 3.05) is 13.1 Å². The Bertz CT molecular complexity index is 689. The van der Waals surface area contributed by atoms with Crippen LogP contribution >= 0.6 is 0 Å². The van der Waals surface area contributed by atoms with E-state index in [1.165, 1.54) is 0 Å². The summed E-state index contributed by atoms with van der Waals surface area (Å²) in [5.41, 5.74) is 6.95. The second-order valence-electron chi connectivity index (χ2n) is 7.73. The molecule has 1 aromatic carbocycles. The third kappa shape index (κ3) is 6.09. The van der Waals surface area contributed by atoms with Crippen LogP contribution in [0.4, 0.5) is 0 Å². The standard InChI is InChI=1S/C18H29N3O3S/c1-18(2,3)14-6-8-15(9-7-14)25(23,24)21-11-10-17(22)20-12-16(19)13-4-5-13/h6-9,13,16,21H,4-5,10-12,19H2,1-3H3,(H,20,22). The molecule has 1 aliphatic rings. The normalized spacial score (nSPS) is 16.5. The molecule has 1 saturated carbocycles. The second kappa shape index (κ2) is 7.85. The lowest BCUT2D eigenvalue weighted by Crippen LogP contribution is -2.39. The summed E-state index contributed by atoms with van der Waals surface area (Å²) < 4.78 is 27.0. The summed E-state index contributed by atoms with van der Waals surface area (Å²) in [5.74, 6) is 0.330. The molecular formula is C18H29N3O3S. The molecule has 0 aromatic heterocycles. The molecule has 4 N–H and O–H groups in total. The van der Waals surface area contributed by atoms with Gasteiger partial charge < -0.3 is 11.1 Å². The Balaban J connectivity index is 1.79. The Labute approximate surface area is 150 Å². The average Bonchev–Trinajstić information content (AvgIpc) is 3.36. The fourth-order valence-corrected chi connectivity index (χ4v) is 3.56. The smallest absolute Gasteiger partial charge is 0.240 e. The third-order valence-corrected chi connectivity index (χ3v) is 5.91. The Morgan fingerprint density at radius 3 is 2.36 bits per heavy atom. The van der Waals surface area contributed by atoms with Gasteiger partial charge in [-0.15, -0.1) is 0 Å². The van der Waals surface area contributed by atoms with Crippen molar-refractivity contribution in [3.63, 3.8) is 0 Å². The van der Waals surface area contributed by atoms with E-state index in [1.807, 2.05) is 12.1 Å². The molecule has 0 radical (unpaired) electrons. The van der Waals surface area contributed by atoms with Crippen molar-refractivity contribution in [2.45, 2.75) is 56.4 Å². The van der Waals surface area contributed by atoms with E-state index in [0.717, 1.165) is 18.4 Å². The topological polar surface area (TPSA) is 101 Å². The quantitative estimate of drug-likeness (QED) is 0.648. The highest BCUT2D eigenvalue weighted by molar-refractivity contribution is 7.89. The number of hydrogen-bond donors (Lipinski definition) is 3. The van der Waals surface area contributed by atoms with Crippen molar-refractivity contribution in [2.24, 2.45) is 11.7 Å². The lowest BCUT2D eigenvalue weighted by Gasteiger charge is -2.19. The number of nitrogens with one attached hydrogen (secondary N) is 2. The van der Waals surface area contributed by atoms with E-state index in [1.54, 1.807) is 12.1 Å². The molecule has 0 saturated heterocycles. The first-order valence-electron chi connectivity index (χ1n) is 8.72. The van der Waals surface area contributed by atoms with E-state index in [0.29, 0.717) is 12.5 Å². The van der Waals surface area contributed by atoms with E-state index in [9.17, 15) is 13.2 Å². The number of carbonyl (C=O) groups excluding carboxylic acids is 1. The van der Waals surface area contributed by atoms with Crippen LogP contribution in [0, 0.1) is 5.92 Å². The molecule has 0 spiro atoms. The van der Waals surface area contributed by atoms with Crippen LogP contribution in [0.1, 0.15) is 45.6 Å². The first-order valence-corrected chi connectivity index (χ1v) is 10.2. The van der Waals surface area contributed by atoms with Crippen molar-refractivity contribution in [1.82, 2.24) is 10.0 Å². The minimum Gasteiger partial charge on any atom is -0.354 e. The molecule has 0 heterocycles. The molecule has 2 rings (SSSR count). The zero-order chi connectivity index (χ0) is 18.7. The molecule has 0 bridgehead atoms. The van der Waals surface area contributed by atoms with Gasteiger partial charge in [-0.3, -0.25) is 4.79 Å². The molecule has 1 amide bonds. The minimum absolute atomic E-state index is 0.00183. The van der Waals surface area contributed by atoms with Crippen LogP contribution in [0.25, 0.3) is 0 Å². The second-order valence-corrected chi connectivity index (χ2v) is 9.49. The number of hydrogen-bond acceptors (Lipinski definition) is 4. The van der Waals surface area contributed by atoms with Crippen molar-refractivity contribution >= 4 is 15.9 Å². The molecule has 1 unspecified atom stereocenters. The first-order chi connectivity index (χ1) is 11.6. The van der Waals surface area contributed by atoms with Crippen molar-refractivity contribution in [3.05, 3.63) is 29.8 Å². The molecule has 25 heavy (non-hydrogen) atoms. The summed E-state index contributed by atoms with van der Waals surface area (Å²) in [5, 5.41) is 2.76. The van der Waals surface area contributed by atoms with Gasteiger partial charge >= 0.3 is 0 Å². The summed E-state index contributed by atoms with van der Waals surface area (Å²) in [6.07, 6.45) is 2.35. The minimum atomic E-state index is -3.61. The van der Waals surface area contributed by atoms with Crippen molar-refractivity contribution in [3.8, 4) is 0 Å². The van der Waals surface area contributed by atoms with Crippen LogP contribution in [0.5, 0.6) is 0 Å². The fraction of sp³-hybridized carbons (Fsp3) is 0.611. The number of carbonyl (C=O) groups is 1. The predicted molar refractivity (Wildman–Crippen MR) is 98.7 cm³/mol. The SMILES string of the molecule is CC(C)(C)c1ccc(S(=O)(=O)NCCC(=O)NCC(N)C2CC2)cc1.